The molecule has 18 heavy (non-hydrogen) atoms. The van der Waals surface area contributed by atoms with Gasteiger partial charge < -0.3 is 0 Å². The highest BCUT2D eigenvalue weighted by atomic mass is 35.5. The molecule has 0 saturated heterocycles. The normalized spacial score (nSPS) is 10.4. The Labute approximate surface area is 113 Å². The van der Waals surface area contributed by atoms with Crippen LogP contribution < -0.4 is 11.3 Å². The van der Waals surface area contributed by atoms with Crippen molar-refractivity contribution in [2.45, 2.75) is 6.92 Å². The van der Waals surface area contributed by atoms with Gasteiger partial charge in [-0.2, -0.15) is 5.10 Å². The quantitative estimate of drug-likeness (QED) is 0.449. The Bertz CT molecular complexity index is 589. The molecular formula is C11H10Cl2N4O. The van der Waals surface area contributed by atoms with Crippen molar-refractivity contribution in [2.75, 3.05) is 0 Å². The largest absolute Gasteiger partial charge is 0.290 e. The molecule has 1 aromatic carbocycles. The predicted molar refractivity (Wildman–Crippen MR) is 70.4 cm³/mol. The summed E-state index contributed by atoms with van der Waals surface area (Å²) in [5, 5.41) is 7.76. The second-order valence-electron chi connectivity index (χ2n) is 3.70. The van der Waals surface area contributed by atoms with Gasteiger partial charge in [0, 0.05) is 21.3 Å². The number of benzene rings is 1. The lowest BCUT2D eigenvalue weighted by molar-refractivity contribution is 0.0954. The van der Waals surface area contributed by atoms with Gasteiger partial charge in [-0.3, -0.25) is 15.3 Å². The maximum absolute atomic E-state index is 11.7. The molecule has 0 spiro atoms. The van der Waals surface area contributed by atoms with E-state index in [4.69, 9.17) is 29.0 Å². The Balaban J connectivity index is 2.61. The number of amides is 1. The number of hydrazine groups is 1. The van der Waals surface area contributed by atoms with Gasteiger partial charge in [0.15, 0.2) is 0 Å². The number of halogens is 2. The first-order valence-electron chi connectivity index (χ1n) is 5.05. The van der Waals surface area contributed by atoms with Crippen LogP contribution in [0.1, 0.15) is 16.1 Å². The highest BCUT2D eigenvalue weighted by Gasteiger charge is 2.19. The summed E-state index contributed by atoms with van der Waals surface area (Å²) in [6.45, 7) is 1.73. The van der Waals surface area contributed by atoms with Crippen molar-refractivity contribution >= 4 is 29.1 Å². The summed E-state index contributed by atoms with van der Waals surface area (Å²) in [4.78, 5) is 11.7. The zero-order valence-electron chi connectivity index (χ0n) is 9.42. The van der Waals surface area contributed by atoms with Crippen molar-refractivity contribution in [3.63, 3.8) is 0 Å². The highest BCUT2D eigenvalue weighted by Crippen LogP contribution is 2.29. The molecule has 0 unspecified atom stereocenters. The average molecular weight is 285 g/mol. The van der Waals surface area contributed by atoms with Crippen LogP contribution in [0.25, 0.3) is 11.3 Å². The molecule has 4 N–H and O–H groups in total. The van der Waals surface area contributed by atoms with E-state index in [1.807, 2.05) is 0 Å². The Kier molecular flexibility index (Phi) is 3.56. The van der Waals surface area contributed by atoms with E-state index in [0.717, 1.165) is 0 Å². The molecular weight excluding hydrogens is 275 g/mol. The van der Waals surface area contributed by atoms with Gasteiger partial charge in [-0.05, 0) is 25.1 Å². The van der Waals surface area contributed by atoms with Crippen LogP contribution in [0.4, 0.5) is 0 Å². The van der Waals surface area contributed by atoms with Crippen LogP contribution >= 0.6 is 23.2 Å². The number of hydrogen-bond donors (Lipinski definition) is 3. The first-order chi connectivity index (χ1) is 8.52. The molecule has 94 valence electrons. The third-order valence-electron chi connectivity index (χ3n) is 2.44. The van der Waals surface area contributed by atoms with Crippen molar-refractivity contribution in [3.8, 4) is 11.3 Å². The molecule has 0 aliphatic carbocycles. The molecule has 0 aliphatic rings. The molecule has 1 aromatic heterocycles. The molecule has 0 bridgehead atoms. The maximum Gasteiger partial charge on any atom is 0.269 e. The van der Waals surface area contributed by atoms with Crippen LogP contribution in [0, 0.1) is 6.92 Å². The lowest BCUT2D eigenvalue weighted by Gasteiger charge is -2.04. The summed E-state index contributed by atoms with van der Waals surface area (Å²) >= 11 is 11.8. The van der Waals surface area contributed by atoms with E-state index in [9.17, 15) is 4.79 Å². The van der Waals surface area contributed by atoms with Crippen LogP contribution in [-0.2, 0) is 0 Å². The Morgan fingerprint density at radius 1 is 1.33 bits per heavy atom. The Hall–Kier alpha value is -1.56. The van der Waals surface area contributed by atoms with Crippen molar-refractivity contribution in [3.05, 3.63) is 39.5 Å². The number of rotatable bonds is 2. The lowest BCUT2D eigenvalue weighted by Crippen LogP contribution is -2.30. The third kappa shape index (κ3) is 2.33. The second-order valence-corrected chi connectivity index (χ2v) is 4.58. The number of carbonyl (C=O) groups excluding carboxylic acids is 1. The number of aromatic nitrogens is 2. The molecule has 0 atom stereocenters. The van der Waals surface area contributed by atoms with Gasteiger partial charge in [-0.25, -0.2) is 5.84 Å². The second kappa shape index (κ2) is 4.97. The van der Waals surface area contributed by atoms with E-state index < -0.39 is 5.91 Å². The fourth-order valence-electron chi connectivity index (χ4n) is 1.68. The average Bonchev–Trinajstić information content (AvgIpc) is 2.69. The molecule has 0 radical (unpaired) electrons. The standard InChI is InChI=1S/C11H10Cl2N4O/c1-5-9(11(18)15-14)10(17-16-5)6-2-7(12)4-8(13)3-6/h2-4H,14H2,1H3,(H,15,18)(H,16,17). The van der Waals surface area contributed by atoms with Gasteiger partial charge in [0.1, 0.15) is 5.69 Å². The SMILES string of the molecule is Cc1[nH]nc(-c2cc(Cl)cc(Cl)c2)c1C(=O)NN. The summed E-state index contributed by atoms with van der Waals surface area (Å²) in [5.74, 6) is 4.72. The van der Waals surface area contributed by atoms with Gasteiger partial charge in [0.2, 0.25) is 0 Å². The smallest absolute Gasteiger partial charge is 0.269 e. The number of aromatic amines is 1. The Morgan fingerprint density at radius 2 is 1.94 bits per heavy atom. The van der Waals surface area contributed by atoms with Crippen LogP contribution in [0.3, 0.4) is 0 Å². The molecule has 0 fully saturated rings. The highest BCUT2D eigenvalue weighted by molar-refractivity contribution is 6.35. The van der Waals surface area contributed by atoms with Crippen molar-refractivity contribution in [2.24, 2.45) is 5.84 Å². The number of nitrogen functional groups attached to an aromatic ring is 1. The summed E-state index contributed by atoms with van der Waals surface area (Å²) in [6.07, 6.45) is 0. The first kappa shape index (κ1) is 12.9. The van der Waals surface area contributed by atoms with Crippen molar-refractivity contribution in [1.29, 1.82) is 0 Å². The van der Waals surface area contributed by atoms with E-state index in [2.05, 4.69) is 15.6 Å². The third-order valence-corrected chi connectivity index (χ3v) is 2.88. The fraction of sp³-hybridized carbons (Fsp3) is 0.0909. The van der Waals surface area contributed by atoms with Crippen molar-refractivity contribution in [1.82, 2.24) is 15.6 Å². The summed E-state index contributed by atoms with van der Waals surface area (Å²) in [6, 6.07) is 4.96. The zero-order chi connectivity index (χ0) is 13.3. The molecule has 7 heteroatoms. The minimum Gasteiger partial charge on any atom is -0.290 e. The molecule has 2 rings (SSSR count). The first-order valence-corrected chi connectivity index (χ1v) is 5.81. The van der Waals surface area contributed by atoms with E-state index in [-0.39, 0.29) is 0 Å². The van der Waals surface area contributed by atoms with Gasteiger partial charge in [-0.15, -0.1) is 0 Å². The lowest BCUT2D eigenvalue weighted by atomic mass is 10.1. The monoisotopic (exact) mass is 284 g/mol. The minimum absolute atomic E-state index is 0.371. The van der Waals surface area contributed by atoms with Crippen molar-refractivity contribution < 1.29 is 4.79 Å². The number of H-pyrrole nitrogens is 1. The van der Waals surface area contributed by atoms with E-state index in [1.165, 1.54) is 0 Å². The molecule has 1 amide bonds. The van der Waals surface area contributed by atoms with Crippen LogP contribution in [-0.4, -0.2) is 16.1 Å². The van der Waals surface area contributed by atoms with E-state index in [0.29, 0.717) is 32.6 Å². The van der Waals surface area contributed by atoms with Gasteiger partial charge >= 0.3 is 0 Å². The number of nitrogens with zero attached hydrogens (tertiary/aromatic N) is 1. The number of aryl methyl sites for hydroxylation is 1. The van der Waals surface area contributed by atoms with E-state index >= 15 is 0 Å². The summed E-state index contributed by atoms with van der Waals surface area (Å²) in [5.41, 5.74) is 4.18. The van der Waals surface area contributed by atoms with Gasteiger partial charge in [0.25, 0.3) is 5.91 Å². The van der Waals surface area contributed by atoms with E-state index in [1.54, 1.807) is 25.1 Å². The predicted octanol–water partition coefficient (Wildman–Crippen LogP) is 2.30. The van der Waals surface area contributed by atoms with Crippen LogP contribution in [0.15, 0.2) is 18.2 Å². The van der Waals surface area contributed by atoms with Gasteiger partial charge in [0.05, 0.1) is 5.56 Å². The van der Waals surface area contributed by atoms with Crippen LogP contribution in [0.5, 0.6) is 0 Å². The molecule has 0 aliphatic heterocycles. The molecule has 2 aromatic rings. The zero-order valence-corrected chi connectivity index (χ0v) is 10.9. The molecule has 0 saturated carbocycles. The number of hydrogen-bond acceptors (Lipinski definition) is 3. The molecule has 1 heterocycles. The topological polar surface area (TPSA) is 83.8 Å². The number of nitrogens with one attached hydrogen (secondary N) is 2. The molecule has 5 nitrogen and oxygen atoms in total. The number of carbonyl (C=O) groups is 1. The minimum atomic E-state index is -0.424. The Morgan fingerprint density at radius 3 is 2.50 bits per heavy atom. The van der Waals surface area contributed by atoms with Gasteiger partial charge in [-0.1, -0.05) is 23.2 Å². The summed E-state index contributed by atoms with van der Waals surface area (Å²) in [7, 11) is 0. The number of nitrogens with two attached hydrogens (primary N) is 1. The maximum atomic E-state index is 11.7. The fourth-order valence-corrected chi connectivity index (χ4v) is 2.20. The van der Waals surface area contributed by atoms with Crippen LogP contribution in [0.2, 0.25) is 10.0 Å². The summed E-state index contributed by atoms with van der Waals surface area (Å²) < 4.78 is 0.